The number of carbonyl (C=O) groups is 2. The normalized spacial score (nSPS) is 19.6. The second kappa shape index (κ2) is 8.20. The monoisotopic (exact) mass is 408 g/mol. The van der Waals surface area contributed by atoms with Crippen LogP contribution >= 0.6 is 15.9 Å². The summed E-state index contributed by atoms with van der Waals surface area (Å²) in [5.74, 6) is 0.404. The molecule has 1 fully saturated rings. The van der Waals surface area contributed by atoms with Gasteiger partial charge in [-0.2, -0.15) is 0 Å². The van der Waals surface area contributed by atoms with E-state index in [1.54, 1.807) is 18.2 Å². The van der Waals surface area contributed by atoms with Crippen LogP contribution in [0.2, 0.25) is 0 Å². The standard InChI is InChI=1S/C18H21BrN2O4/c1-5-7-25-17-13(19)8-12(9-14(17)24-6-2)16-15(11(4)22)10(3)20-18(23)21-16/h5,8-9,15-16H,1,3,6-7H2,2,4H3,(H2,20,21,23)/t15-,16-/m0/s1. The van der Waals surface area contributed by atoms with Crippen molar-refractivity contribution in [1.29, 1.82) is 0 Å². The lowest BCUT2D eigenvalue weighted by molar-refractivity contribution is -0.120. The Labute approximate surface area is 155 Å². The summed E-state index contributed by atoms with van der Waals surface area (Å²) in [4.78, 5) is 23.9. The van der Waals surface area contributed by atoms with Crippen molar-refractivity contribution in [2.24, 2.45) is 5.92 Å². The Balaban J connectivity index is 2.49. The number of urea groups is 1. The van der Waals surface area contributed by atoms with Crippen LogP contribution in [0.1, 0.15) is 25.5 Å². The fourth-order valence-electron chi connectivity index (χ4n) is 2.75. The van der Waals surface area contributed by atoms with Crippen molar-refractivity contribution >= 4 is 27.7 Å². The van der Waals surface area contributed by atoms with Crippen LogP contribution in [-0.2, 0) is 4.79 Å². The first-order valence-corrected chi connectivity index (χ1v) is 8.65. The van der Waals surface area contributed by atoms with Crippen LogP contribution in [0.25, 0.3) is 0 Å². The van der Waals surface area contributed by atoms with E-state index in [1.165, 1.54) is 6.92 Å². The minimum absolute atomic E-state index is 0.0939. The highest BCUT2D eigenvalue weighted by atomic mass is 79.9. The summed E-state index contributed by atoms with van der Waals surface area (Å²) >= 11 is 3.48. The molecule has 6 nitrogen and oxygen atoms in total. The first-order chi connectivity index (χ1) is 11.9. The summed E-state index contributed by atoms with van der Waals surface area (Å²) in [5, 5.41) is 5.35. The Kier molecular flexibility index (Phi) is 6.25. The number of ether oxygens (including phenoxy) is 2. The van der Waals surface area contributed by atoms with Crippen LogP contribution in [0, 0.1) is 5.92 Å². The van der Waals surface area contributed by atoms with Crippen LogP contribution in [0.5, 0.6) is 11.5 Å². The highest BCUT2D eigenvalue weighted by molar-refractivity contribution is 9.10. The summed E-state index contributed by atoms with van der Waals surface area (Å²) in [6, 6.07) is 2.64. The molecule has 7 heteroatoms. The highest BCUT2D eigenvalue weighted by Crippen LogP contribution is 2.41. The molecule has 1 aliphatic heterocycles. The molecule has 1 aromatic carbocycles. The van der Waals surface area contributed by atoms with Crippen molar-refractivity contribution in [2.45, 2.75) is 19.9 Å². The maximum Gasteiger partial charge on any atom is 0.319 e. The number of ketones is 1. The molecule has 2 amide bonds. The van der Waals surface area contributed by atoms with E-state index in [9.17, 15) is 9.59 Å². The molecule has 1 aliphatic rings. The molecule has 134 valence electrons. The van der Waals surface area contributed by atoms with E-state index in [1.807, 2.05) is 6.92 Å². The van der Waals surface area contributed by atoms with Gasteiger partial charge in [0.15, 0.2) is 11.5 Å². The first kappa shape index (κ1) is 19.1. The van der Waals surface area contributed by atoms with Crippen molar-refractivity contribution in [3.05, 3.63) is 47.1 Å². The zero-order chi connectivity index (χ0) is 18.6. The van der Waals surface area contributed by atoms with Gasteiger partial charge < -0.3 is 20.1 Å². The van der Waals surface area contributed by atoms with Gasteiger partial charge in [-0.25, -0.2) is 4.79 Å². The summed E-state index contributed by atoms with van der Waals surface area (Å²) < 4.78 is 12.0. The van der Waals surface area contributed by atoms with Gasteiger partial charge in [0.05, 0.1) is 23.0 Å². The molecule has 0 spiro atoms. The number of hydrogen-bond donors (Lipinski definition) is 2. The van der Waals surface area contributed by atoms with Crippen LogP contribution in [0.3, 0.4) is 0 Å². The number of amides is 2. The molecule has 0 radical (unpaired) electrons. The molecular weight excluding hydrogens is 388 g/mol. The maximum atomic E-state index is 12.1. The Hall–Kier alpha value is -2.28. The third-order valence-corrected chi connectivity index (χ3v) is 4.33. The molecule has 0 aromatic heterocycles. The number of rotatable bonds is 7. The van der Waals surface area contributed by atoms with E-state index in [0.717, 1.165) is 5.56 Å². The lowest BCUT2D eigenvalue weighted by Gasteiger charge is -2.33. The van der Waals surface area contributed by atoms with E-state index in [-0.39, 0.29) is 5.78 Å². The molecule has 1 heterocycles. The predicted molar refractivity (Wildman–Crippen MR) is 98.7 cm³/mol. The number of halogens is 1. The van der Waals surface area contributed by atoms with Gasteiger partial charge in [0.2, 0.25) is 0 Å². The van der Waals surface area contributed by atoms with Crippen molar-refractivity contribution in [2.75, 3.05) is 13.2 Å². The van der Waals surface area contributed by atoms with Gasteiger partial charge in [-0.3, -0.25) is 4.79 Å². The zero-order valence-electron chi connectivity index (χ0n) is 14.2. The predicted octanol–water partition coefficient (Wildman–Crippen LogP) is 3.49. The SMILES string of the molecule is C=CCOc1c(Br)cc([C@@H]2NC(=O)NC(=C)[C@H]2C(C)=O)cc1OCC. The van der Waals surface area contributed by atoms with Crippen molar-refractivity contribution in [3.63, 3.8) is 0 Å². The molecule has 1 aromatic rings. The van der Waals surface area contributed by atoms with Crippen LogP contribution in [-0.4, -0.2) is 25.0 Å². The molecular formula is C18H21BrN2O4. The zero-order valence-corrected chi connectivity index (χ0v) is 15.8. The molecule has 2 N–H and O–H groups in total. The lowest BCUT2D eigenvalue weighted by Crippen LogP contribution is -2.50. The number of nitrogens with one attached hydrogen (secondary N) is 2. The largest absolute Gasteiger partial charge is 0.490 e. The average molecular weight is 409 g/mol. The number of hydrogen-bond acceptors (Lipinski definition) is 4. The third kappa shape index (κ3) is 4.22. The molecule has 0 bridgehead atoms. The van der Waals surface area contributed by atoms with E-state index >= 15 is 0 Å². The summed E-state index contributed by atoms with van der Waals surface area (Å²) in [5.41, 5.74) is 1.10. The van der Waals surface area contributed by atoms with Gasteiger partial charge in [0.25, 0.3) is 0 Å². The lowest BCUT2D eigenvalue weighted by atomic mass is 9.86. The average Bonchev–Trinajstić information content (AvgIpc) is 2.53. The maximum absolute atomic E-state index is 12.1. The summed E-state index contributed by atoms with van der Waals surface area (Å²) in [6.45, 7) is 11.6. The summed E-state index contributed by atoms with van der Waals surface area (Å²) in [7, 11) is 0. The molecule has 1 saturated heterocycles. The molecule has 0 saturated carbocycles. The van der Waals surface area contributed by atoms with Gasteiger partial charge >= 0.3 is 6.03 Å². The second-order valence-corrected chi connectivity index (χ2v) is 6.41. The van der Waals surface area contributed by atoms with Crippen LogP contribution < -0.4 is 20.1 Å². The Morgan fingerprint density at radius 1 is 1.40 bits per heavy atom. The first-order valence-electron chi connectivity index (χ1n) is 7.85. The highest BCUT2D eigenvalue weighted by Gasteiger charge is 2.36. The number of benzene rings is 1. The quantitative estimate of drug-likeness (QED) is 0.676. The molecule has 0 unspecified atom stereocenters. The van der Waals surface area contributed by atoms with Crippen molar-refractivity contribution in [3.8, 4) is 11.5 Å². The van der Waals surface area contributed by atoms with Gasteiger partial charge in [-0.1, -0.05) is 19.2 Å². The Morgan fingerprint density at radius 3 is 2.72 bits per heavy atom. The fraction of sp³-hybridized carbons (Fsp3) is 0.333. The molecule has 2 rings (SSSR count). The van der Waals surface area contributed by atoms with Gasteiger partial charge in [-0.05, 0) is 47.5 Å². The van der Waals surface area contributed by atoms with E-state index in [0.29, 0.717) is 34.9 Å². The minimum Gasteiger partial charge on any atom is -0.490 e. The van der Waals surface area contributed by atoms with Crippen molar-refractivity contribution in [1.82, 2.24) is 10.6 Å². The Bertz CT molecular complexity index is 717. The molecule has 2 atom stereocenters. The summed E-state index contributed by atoms with van der Waals surface area (Å²) in [6.07, 6.45) is 1.64. The van der Waals surface area contributed by atoms with E-state index < -0.39 is 18.0 Å². The molecule has 25 heavy (non-hydrogen) atoms. The Morgan fingerprint density at radius 2 is 2.12 bits per heavy atom. The van der Waals surface area contributed by atoms with Crippen LogP contribution in [0.15, 0.2) is 41.5 Å². The van der Waals surface area contributed by atoms with Gasteiger partial charge in [0, 0.05) is 5.70 Å². The topological polar surface area (TPSA) is 76.7 Å². The molecule has 0 aliphatic carbocycles. The van der Waals surface area contributed by atoms with Crippen LogP contribution in [0.4, 0.5) is 4.79 Å². The van der Waals surface area contributed by atoms with Gasteiger partial charge in [-0.15, -0.1) is 0 Å². The fourth-order valence-corrected chi connectivity index (χ4v) is 3.33. The minimum atomic E-state index is -0.570. The number of Topliss-reactive ketones (excluding diaryl/α,β-unsaturated/α-hetero) is 1. The second-order valence-electron chi connectivity index (χ2n) is 5.55. The smallest absolute Gasteiger partial charge is 0.319 e. The van der Waals surface area contributed by atoms with E-state index in [2.05, 4.69) is 39.7 Å². The number of carbonyl (C=O) groups excluding carboxylic acids is 2. The third-order valence-electron chi connectivity index (χ3n) is 3.74. The van der Waals surface area contributed by atoms with Crippen molar-refractivity contribution < 1.29 is 19.1 Å². The van der Waals surface area contributed by atoms with Gasteiger partial charge in [0.1, 0.15) is 12.4 Å². The van der Waals surface area contributed by atoms with E-state index in [4.69, 9.17) is 9.47 Å².